The molecule has 1 aliphatic heterocycles. The van der Waals surface area contributed by atoms with E-state index in [1.165, 1.54) is 0 Å². The van der Waals surface area contributed by atoms with Gasteiger partial charge in [0.15, 0.2) is 0 Å². The van der Waals surface area contributed by atoms with E-state index in [2.05, 4.69) is 4.90 Å². The summed E-state index contributed by atoms with van der Waals surface area (Å²) < 4.78 is 0. The van der Waals surface area contributed by atoms with Gasteiger partial charge in [0.2, 0.25) is 0 Å². The molecule has 16 heavy (non-hydrogen) atoms. The predicted octanol–water partition coefficient (Wildman–Crippen LogP) is 3.54. The lowest BCUT2D eigenvalue weighted by Gasteiger charge is -2.28. The second-order valence-electron chi connectivity index (χ2n) is 3.50. The van der Waals surface area contributed by atoms with E-state index in [1.807, 2.05) is 38.1 Å². The minimum absolute atomic E-state index is 0.371. The fraction of sp³-hybridized carbons (Fsp3) is 0.462. The number of benzene rings is 1. The van der Waals surface area contributed by atoms with Gasteiger partial charge < -0.3 is 4.90 Å². The van der Waals surface area contributed by atoms with Crippen LogP contribution in [-0.2, 0) is 4.79 Å². The highest BCUT2D eigenvalue weighted by Crippen LogP contribution is 2.20. The standard InChI is InChI=1S/C11H12ClNO.C2H6/c12-9-1-3-10(4-2-9)13-7-5-11(14)6-8-13;1-2/h1-4H,5-8H2;1-2H3. The zero-order chi connectivity index (χ0) is 12.0. The molecule has 0 amide bonds. The lowest BCUT2D eigenvalue weighted by molar-refractivity contribution is -0.119. The molecule has 3 heteroatoms. The third-order valence-corrected chi connectivity index (χ3v) is 2.76. The summed E-state index contributed by atoms with van der Waals surface area (Å²) in [5.74, 6) is 0.371. The monoisotopic (exact) mass is 239 g/mol. The van der Waals surface area contributed by atoms with Crippen LogP contribution >= 0.6 is 11.6 Å². The van der Waals surface area contributed by atoms with Crippen molar-refractivity contribution in [3.8, 4) is 0 Å². The first-order chi connectivity index (χ1) is 7.75. The van der Waals surface area contributed by atoms with Crippen LogP contribution in [0, 0.1) is 0 Å². The van der Waals surface area contributed by atoms with Crippen molar-refractivity contribution in [2.75, 3.05) is 18.0 Å². The third kappa shape index (κ3) is 3.53. The highest BCUT2D eigenvalue weighted by molar-refractivity contribution is 6.30. The number of Topliss-reactive ketones (excluding diaryl/α,β-unsaturated/α-hetero) is 1. The molecule has 2 nitrogen and oxygen atoms in total. The Morgan fingerprint density at radius 2 is 1.56 bits per heavy atom. The number of carbonyl (C=O) groups is 1. The number of hydrogen-bond donors (Lipinski definition) is 0. The molecule has 0 aromatic heterocycles. The number of carbonyl (C=O) groups excluding carboxylic acids is 1. The van der Waals surface area contributed by atoms with Crippen molar-refractivity contribution in [1.29, 1.82) is 0 Å². The van der Waals surface area contributed by atoms with Crippen molar-refractivity contribution in [2.24, 2.45) is 0 Å². The van der Waals surface area contributed by atoms with E-state index >= 15 is 0 Å². The Bertz CT molecular complexity index is 324. The molecule has 0 N–H and O–H groups in total. The predicted molar refractivity (Wildman–Crippen MR) is 69.3 cm³/mol. The van der Waals surface area contributed by atoms with Gasteiger partial charge in [-0.3, -0.25) is 4.79 Å². The minimum Gasteiger partial charge on any atom is -0.371 e. The number of halogens is 1. The number of nitrogens with zero attached hydrogens (tertiary/aromatic N) is 1. The number of hydrogen-bond acceptors (Lipinski definition) is 2. The van der Waals surface area contributed by atoms with Crippen LogP contribution in [-0.4, -0.2) is 18.9 Å². The molecule has 0 spiro atoms. The van der Waals surface area contributed by atoms with Gasteiger partial charge >= 0.3 is 0 Å². The van der Waals surface area contributed by atoms with Crippen molar-refractivity contribution in [1.82, 2.24) is 0 Å². The topological polar surface area (TPSA) is 20.3 Å². The lowest BCUT2D eigenvalue weighted by Crippen LogP contribution is -2.33. The van der Waals surface area contributed by atoms with Crippen molar-refractivity contribution < 1.29 is 4.79 Å². The van der Waals surface area contributed by atoms with Gasteiger partial charge in [0.25, 0.3) is 0 Å². The lowest BCUT2D eigenvalue weighted by atomic mass is 10.1. The summed E-state index contributed by atoms with van der Waals surface area (Å²) in [4.78, 5) is 13.3. The summed E-state index contributed by atoms with van der Waals surface area (Å²) in [6, 6.07) is 7.76. The van der Waals surface area contributed by atoms with E-state index in [-0.39, 0.29) is 0 Å². The van der Waals surface area contributed by atoms with Crippen LogP contribution in [0.1, 0.15) is 26.7 Å². The second-order valence-corrected chi connectivity index (χ2v) is 3.94. The number of piperidine rings is 1. The fourth-order valence-corrected chi connectivity index (χ4v) is 1.79. The number of anilines is 1. The summed E-state index contributed by atoms with van der Waals surface area (Å²) in [7, 11) is 0. The second kappa shape index (κ2) is 6.54. The van der Waals surface area contributed by atoms with E-state index in [1.54, 1.807) is 0 Å². The van der Waals surface area contributed by atoms with E-state index in [4.69, 9.17) is 11.6 Å². The van der Waals surface area contributed by atoms with Gasteiger partial charge in [-0.1, -0.05) is 25.4 Å². The molecule has 1 saturated heterocycles. The summed E-state index contributed by atoms with van der Waals surface area (Å²) >= 11 is 5.80. The number of rotatable bonds is 1. The molecule has 1 fully saturated rings. The molecule has 0 saturated carbocycles. The highest BCUT2D eigenvalue weighted by atomic mass is 35.5. The minimum atomic E-state index is 0.371. The summed E-state index contributed by atoms with van der Waals surface area (Å²) in [6.45, 7) is 5.67. The molecule has 1 aromatic rings. The van der Waals surface area contributed by atoms with Crippen molar-refractivity contribution in [3.05, 3.63) is 29.3 Å². The maximum absolute atomic E-state index is 11.0. The number of ketones is 1. The fourth-order valence-electron chi connectivity index (χ4n) is 1.67. The Labute approximate surface area is 102 Å². The molecule has 0 bridgehead atoms. The average Bonchev–Trinajstić information content (AvgIpc) is 2.34. The Morgan fingerprint density at radius 1 is 1.06 bits per heavy atom. The third-order valence-electron chi connectivity index (χ3n) is 2.51. The van der Waals surface area contributed by atoms with Crippen LogP contribution in [0.5, 0.6) is 0 Å². The van der Waals surface area contributed by atoms with E-state index in [9.17, 15) is 4.79 Å². The molecule has 1 aromatic carbocycles. The zero-order valence-electron chi connectivity index (χ0n) is 9.87. The van der Waals surface area contributed by atoms with Gasteiger partial charge in [-0.15, -0.1) is 0 Å². The van der Waals surface area contributed by atoms with Gasteiger partial charge in [-0.05, 0) is 24.3 Å². The zero-order valence-corrected chi connectivity index (χ0v) is 10.6. The maximum Gasteiger partial charge on any atom is 0.136 e. The average molecular weight is 240 g/mol. The first-order valence-electron chi connectivity index (χ1n) is 5.78. The van der Waals surface area contributed by atoms with E-state index < -0.39 is 0 Å². The van der Waals surface area contributed by atoms with Gasteiger partial charge in [0.1, 0.15) is 5.78 Å². The summed E-state index contributed by atoms with van der Waals surface area (Å²) in [5, 5.41) is 0.752. The van der Waals surface area contributed by atoms with Gasteiger partial charge in [-0.2, -0.15) is 0 Å². The van der Waals surface area contributed by atoms with Crippen LogP contribution in [0.4, 0.5) is 5.69 Å². The van der Waals surface area contributed by atoms with Crippen LogP contribution in [0.15, 0.2) is 24.3 Å². The van der Waals surface area contributed by atoms with Crippen LogP contribution in [0.25, 0.3) is 0 Å². The molecule has 0 aliphatic carbocycles. The Hall–Kier alpha value is -1.02. The molecule has 0 radical (unpaired) electrons. The van der Waals surface area contributed by atoms with Crippen LogP contribution in [0.3, 0.4) is 0 Å². The maximum atomic E-state index is 11.0. The Morgan fingerprint density at radius 3 is 2.06 bits per heavy atom. The van der Waals surface area contributed by atoms with Gasteiger partial charge in [0, 0.05) is 36.6 Å². The SMILES string of the molecule is CC.O=C1CCN(c2ccc(Cl)cc2)CC1. The van der Waals surface area contributed by atoms with Crippen LogP contribution < -0.4 is 4.90 Å². The quantitative estimate of drug-likeness (QED) is 0.747. The van der Waals surface area contributed by atoms with Crippen molar-refractivity contribution >= 4 is 23.1 Å². The first kappa shape index (κ1) is 13.0. The van der Waals surface area contributed by atoms with Crippen molar-refractivity contribution in [2.45, 2.75) is 26.7 Å². The molecule has 0 atom stereocenters. The molecule has 0 unspecified atom stereocenters. The normalized spacial score (nSPS) is 15.4. The molecular weight excluding hydrogens is 222 g/mol. The van der Waals surface area contributed by atoms with Gasteiger partial charge in [0.05, 0.1) is 0 Å². The first-order valence-corrected chi connectivity index (χ1v) is 6.16. The van der Waals surface area contributed by atoms with Gasteiger partial charge in [-0.25, -0.2) is 0 Å². The smallest absolute Gasteiger partial charge is 0.136 e. The Balaban J connectivity index is 0.000000606. The van der Waals surface area contributed by atoms with Crippen LogP contribution in [0.2, 0.25) is 5.02 Å². The highest BCUT2D eigenvalue weighted by Gasteiger charge is 2.15. The molecular formula is C13H18ClNO. The molecule has 2 rings (SSSR count). The molecule has 1 heterocycles. The Kier molecular flexibility index (Phi) is 5.33. The van der Waals surface area contributed by atoms with E-state index in [0.717, 1.165) is 23.8 Å². The summed E-state index contributed by atoms with van der Waals surface area (Å²) in [5.41, 5.74) is 1.15. The largest absolute Gasteiger partial charge is 0.371 e. The molecule has 88 valence electrons. The molecule has 1 aliphatic rings. The van der Waals surface area contributed by atoms with E-state index in [0.29, 0.717) is 18.6 Å². The summed E-state index contributed by atoms with van der Waals surface area (Å²) in [6.07, 6.45) is 1.34. The van der Waals surface area contributed by atoms with Crippen molar-refractivity contribution in [3.63, 3.8) is 0 Å².